The van der Waals surface area contributed by atoms with Gasteiger partial charge in [-0.2, -0.15) is 0 Å². The number of aliphatic hydroxyl groups excluding tert-OH is 1. The second-order valence-electron chi connectivity index (χ2n) is 10.4. The predicted molar refractivity (Wildman–Crippen MR) is 159 cm³/mol. The molecule has 9 nitrogen and oxygen atoms in total. The summed E-state index contributed by atoms with van der Waals surface area (Å²) < 4.78 is 0. The van der Waals surface area contributed by atoms with Crippen LogP contribution in [0.1, 0.15) is 56.4 Å². The molecule has 206 valence electrons. The van der Waals surface area contributed by atoms with Gasteiger partial charge in [0.1, 0.15) is 17.5 Å². The number of nitrogens with zero attached hydrogens (tertiary/aromatic N) is 5. The van der Waals surface area contributed by atoms with E-state index in [2.05, 4.69) is 57.7 Å². The third-order valence-electron chi connectivity index (χ3n) is 7.99. The first-order valence-corrected chi connectivity index (χ1v) is 14.0. The van der Waals surface area contributed by atoms with Crippen molar-refractivity contribution in [1.29, 1.82) is 0 Å². The van der Waals surface area contributed by atoms with E-state index in [0.29, 0.717) is 6.54 Å². The van der Waals surface area contributed by atoms with Gasteiger partial charge in [-0.25, -0.2) is 15.0 Å². The number of nitrogens with one attached hydrogen (secondary N) is 3. The summed E-state index contributed by atoms with van der Waals surface area (Å²) in [5, 5.41) is 9.96. The molecule has 3 heterocycles. The maximum absolute atomic E-state index is 9.96. The molecule has 40 heavy (non-hydrogen) atoms. The summed E-state index contributed by atoms with van der Waals surface area (Å²) in [5.41, 5.74) is 5.95. The minimum atomic E-state index is -0.00639. The van der Waals surface area contributed by atoms with E-state index in [0.717, 1.165) is 63.7 Å². The number of para-hydroxylation sites is 6. The van der Waals surface area contributed by atoms with Crippen LogP contribution in [0.3, 0.4) is 0 Å². The van der Waals surface area contributed by atoms with Crippen LogP contribution in [-0.4, -0.2) is 71.1 Å². The average molecular weight is 537 g/mol. The van der Waals surface area contributed by atoms with E-state index in [4.69, 9.17) is 15.0 Å². The van der Waals surface area contributed by atoms with Gasteiger partial charge in [-0.15, -0.1) is 0 Å². The Bertz CT molecular complexity index is 1540. The van der Waals surface area contributed by atoms with E-state index in [1.165, 1.54) is 0 Å². The van der Waals surface area contributed by atoms with E-state index in [-0.39, 0.29) is 24.7 Å². The normalized spacial score (nSPS) is 14.6. The molecule has 0 saturated carbocycles. The summed E-state index contributed by atoms with van der Waals surface area (Å²) >= 11 is 0. The van der Waals surface area contributed by atoms with Gasteiger partial charge in [0, 0.05) is 19.6 Å². The summed E-state index contributed by atoms with van der Waals surface area (Å²) in [5.74, 6) is 2.74. The van der Waals surface area contributed by atoms with Gasteiger partial charge in [-0.05, 0) is 57.2 Å². The zero-order chi connectivity index (χ0) is 27.6. The zero-order valence-electron chi connectivity index (χ0n) is 23.2. The molecule has 0 spiro atoms. The van der Waals surface area contributed by atoms with Crippen molar-refractivity contribution >= 4 is 33.1 Å². The average Bonchev–Trinajstić information content (AvgIpc) is 3.72. The Labute approximate surface area is 233 Å². The highest BCUT2D eigenvalue weighted by molar-refractivity contribution is 5.76. The van der Waals surface area contributed by atoms with Crippen LogP contribution < -0.4 is 0 Å². The number of fused-ring (bicyclic) bond motifs is 3. The molecule has 3 unspecified atom stereocenters. The first-order valence-electron chi connectivity index (χ1n) is 14.0. The second kappa shape index (κ2) is 11.2. The summed E-state index contributed by atoms with van der Waals surface area (Å²) in [4.78, 5) is 29.9. The number of hydrogen-bond donors (Lipinski definition) is 4. The van der Waals surface area contributed by atoms with Crippen LogP contribution in [0.15, 0.2) is 72.8 Å². The summed E-state index contributed by atoms with van der Waals surface area (Å²) in [7, 11) is 0. The van der Waals surface area contributed by atoms with Crippen molar-refractivity contribution in [3.8, 4) is 0 Å². The molecule has 0 fully saturated rings. The molecule has 9 heteroatoms. The predicted octanol–water partition coefficient (Wildman–Crippen LogP) is 5.50. The third kappa shape index (κ3) is 5.11. The SMILES string of the molecule is CC(c1nc2ccccc2[nH]1)N(CCO)CCN(C(C)c1nc2ccccc2[nH]1)C(C)c1nc2ccccc2[nH]1. The number of hydrogen-bond acceptors (Lipinski definition) is 6. The van der Waals surface area contributed by atoms with Crippen molar-refractivity contribution < 1.29 is 5.11 Å². The summed E-state index contributed by atoms with van der Waals surface area (Å²) in [6, 6.07) is 24.3. The second-order valence-corrected chi connectivity index (χ2v) is 10.4. The zero-order valence-corrected chi connectivity index (χ0v) is 23.2. The van der Waals surface area contributed by atoms with Gasteiger partial charge in [-0.1, -0.05) is 36.4 Å². The van der Waals surface area contributed by atoms with E-state index < -0.39 is 0 Å². The monoisotopic (exact) mass is 536 g/mol. The first-order chi connectivity index (χ1) is 19.5. The summed E-state index contributed by atoms with van der Waals surface area (Å²) in [6.07, 6.45) is 0. The molecule has 6 rings (SSSR count). The van der Waals surface area contributed by atoms with Gasteiger partial charge in [0.05, 0.1) is 57.8 Å². The molecule has 0 aliphatic carbocycles. The van der Waals surface area contributed by atoms with Crippen LogP contribution in [0.25, 0.3) is 33.1 Å². The summed E-state index contributed by atoms with van der Waals surface area (Å²) in [6.45, 7) is 8.61. The fourth-order valence-electron chi connectivity index (χ4n) is 5.59. The largest absolute Gasteiger partial charge is 0.395 e. The van der Waals surface area contributed by atoms with Gasteiger partial charge >= 0.3 is 0 Å². The Morgan fingerprint density at radius 3 is 1.38 bits per heavy atom. The Morgan fingerprint density at radius 2 is 0.975 bits per heavy atom. The quantitative estimate of drug-likeness (QED) is 0.174. The van der Waals surface area contributed by atoms with E-state index in [1.807, 2.05) is 60.7 Å². The Balaban J connectivity index is 1.29. The molecular formula is C31H36N8O. The maximum atomic E-state index is 9.96. The lowest BCUT2D eigenvalue weighted by atomic mass is 10.1. The Kier molecular flexibility index (Phi) is 7.34. The molecule has 0 radical (unpaired) electrons. The standard InChI is InChI=1S/C31H36N8O/c1-20(29-32-23-10-4-5-11-24(23)33-29)38(18-19-40)16-17-39(21(2)30-34-25-12-6-7-13-26(25)35-30)22(3)31-36-27-14-8-9-15-28(27)37-31/h4-15,20-22,40H,16-19H2,1-3H3,(H,32,33)(H,34,35)(H,36,37). The van der Waals surface area contributed by atoms with Crippen LogP contribution in [0.5, 0.6) is 0 Å². The highest BCUT2D eigenvalue weighted by atomic mass is 16.3. The Hall–Kier alpha value is -4.05. The van der Waals surface area contributed by atoms with Crippen molar-refractivity contribution in [2.24, 2.45) is 0 Å². The van der Waals surface area contributed by atoms with Crippen molar-refractivity contribution in [3.05, 3.63) is 90.3 Å². The van der Waals surface area contributed by atoms with E-state index >= 15 is 0 Å². The smallest absolute Gasteiger partial charge is 0.124 e. The van der Waals surface area contributed by atoms with Crippen molar-refractivity contribution in [2.45, 2.75) is 38.9 Å². The molecule has 0 amide bonds. The minimum absolute atomic E-state index is 0.00409. The molecule has 0 aliphatic heterocycles. The van der Waals surface area contributed by atoms with Crippen molar-refractivity contribution in [2.75, 3.05) is 26.2 Å². The number of H-pyrrole nitrogens is 3. The number of benzene rings is 3. The third-order valence-corrected chi connectivity index (χ3v) is 7.99. The molecule has 6 aromatic rings. The van der Waals surface area contributed by atoms with Crippen LogP contribution in [0.4, 0.5) is 0 Å². The molecule has 0 aliphatic rings. The van der Waals surface area contributed by atoms with Crippen LogP contribution in [0.2, 0.25) is 0 Å². The number of imidazole rings is 3. The number of aromatic nitrogens is 6. The van der Waals surface area contributed by atoms with Crippen LogP contribution >= 0.6 is 0 Å². The molecule has 3 aromatic heterocycles. The Morgan fingerprint density at radius 1 is 0.575 bits per heavy atom. The molecule has 3 aromatic carbocycles. The van der Waals surface area contributed by atoms with Gasteiger partial charge < -0.3 is 20.1 Å². The molecule has 3 atom stereocenters. The molecule has 4 N–H and O–H groups in total. The van der Waals surface area contributed by atoms with Gasteiger partial charge in [-0.3, -0.25) is 9.80 Å². The van der Waals surface area contributed by atoms with Gasteiger partial charge in [0.2, 0.25) is 0 Å². The van der Waals surface area contributed by atoms with Crippen molar-refractivity contribution in [3.63, 3.8) is 0 Å². The maximum Gasteiger partial charge on any atom is 0.124 e. The van der Waals surface area contributed by atoms with Crippen molar-refractivity contribution in [1.82, 2.24) is 39.7 Å². The minimum Gasteiger partial charge on any atom is -0.395 e. The molecular weight excluding hydrogens is 500 g/mol. The number of rotatable bonds is 11. The lowest BCUT2D eigenvalue weighted by Gasteiger charge is -2.36. The highest BCUT2D eigenvalue weighted by Crippen LogP contribution is 2.31. The number of aliphatic hydroxyl groups is 1. The topological polar surface area (TPSA) is 113 Å². The number of aromatic amines is 3. The van der Waals surface area contributed by atoms with Gasteiger partial charge in [0.25, 0.3) is 0 Å². The molecule has 0 bridgehead atoms. The molecule has 0 saturated heterocycles. The van der Waals surface area contributed by atoms with Crippen LogP contribution in [-0.2, 0) is 0 Å². The van der Waals surface area contributed by atoms with E-state index in [1.54, 1.807) is 0 Å². The van der Waals surface area contributed by atoms with E-state index in [9.17, 15) is 5.11 Å². The lowest BCUT2D eigenvalue weighted by Crippen LogP contribution is -2.40. The fourth-order valence-corrected chi connectivity index (χ4v) is 5.59. The highest BCUT2D eigenvalue weighted by Gasteiger charge is 2.28. The fraction of sp³-hybridized carbons (Fsp3) is 0.323. The lowest BCUT2D eigenvalue weighted by molar-refractivity contribution is 0.0936. The van der Waals surface area contributed by atoms with Gasteiger partial charge in [0.15, 0.2) is 0 Å². The van der Waals surface area contributed by atoms with Crippen LogP contribution in [0, 0.1) is 0 Å². The first kappa shape index (κ1) is 26.2.